The molecule has 3 N–H and O–H groups in total. The molecule has 0 saturated carbocycles. The van der Waals surface area contributed by atoms with Gasteiger partial charge in [0.05, 0.1) is 13.2 Å². The van der Waals surface area contributed by atoms with Crippen LogP contribution in [0.25, 0.3) is 10.4 Å². The van der Waals surface area contributed by atoms with Gasteiger partial charge in [-0.1, -0.05) is 5.11 Å². The fourth-order valence-electron chi connectivity index (χ4n) is 1.26. The highest BCUT2D eigenvalue weighted by Gasteiger charge is 2.42. The van der Waals surface area contributed by atoms with E-state index in [1.165, 1.54) is 0 Å². The summed E-state index contributed by atoms with van der Waals surface area (Å²) in [6.45, 7) is -0.200. The number of ether oxygens (including phenoxy) is 2. The number of nitrogens with zero attached hydrogens (tertiary/aromatic N) is 3. The molecule has 0 radical (unpaired) electrons. The van der Waals surface area contributed by atoms with Crippen molar-refractivity contribution in [1.29, 1.82) is 0 Å². The maximum Gasteiger partial charge on any atom is 0.186 e. The zero-order valence-corrected chi connectivity index (χ0v) is 7.93. The van der Waals surface area contributed by atoms with Crippen molar-refractivity contribution in [2.75, 3.05) is 19.8 Å². The molecule has 0 aliphatic carbocycles. The molecule has 15 heavy (non-hydrogen) atoms. The second kappa shape index (κ2) is 5.86. The summed E-state index contributed by atoms with van der Waals surface area (Å²) in [6.07, 6.45) is -4.21. The molecule has 0 aromatic rings. The first-order valence-corrected chi connectivity index (χ1v) is 4.45. The van der Waals surface area contributed by atoms with Crippen LogP contribution >= 0.6 is 0 Å². The van der Waals surface area contributed by atoms with E-state index in [0.29, 0.717) is 0 Å². The molecule has 1 heterocycles. The molecule has 8 nitrogen and oxygen atoms in total. The summed E-state index contributed by atoms with van der Waals surface area (Å²) < 4.78 is 10.0. The standard InChI is InChI=1S/C7H13N3O5/c8-10-9-1-2-14-7-6(13)5(12)4(3-11)15-7/h4-7,11-13H,1-3H2/t4-,5-,6+,7+/m1/s1. The first-order chi connectivity index (χ1) is 7.20. The number of azide groups is 1. The molecular formula is C7H13N3O5. The topological polar surface area (TPSA) is 128 Å². The highest BCUT2D eigenvalue weighted by molar-refractivity contribution is 4.86. The number of hydrogen-bond donors (Lipinski definition) is 3. The monoisotopic (exact) mass is 219 g/mol. The summed E-state index contributed by atoms with van der Waals surface area (Å²) in [7, 11) is 0. The Morgan fingerprint density at radius 1 is 1.40 bits per heavy atom. The molecule has 1 saturated heterocycles. The van der Waals surface area contributed by atoms with E-state index in [4.69, 9.17) is 20.1 Å². The Hall–Kier alpha value is -0.890. The quantitative estimate of drug-likeness (QED) is 0.230. The lowest BCUT2D eigenvalue weighted by molar-refractivity contribution is -0.167. The van der Waals surface area contributed by atoms with Crippen LogP contribution in [0.2, 0.25) is 0 Å². The van der Waals surface area contributed by atoms with Crippen molar-refractivity contribution in [3.8, 4) is 0 Å². The van der Waals surface area contributed by atoms with Crippen LogP contribution in [0.15, 0.2) is 5.11 Å². The summed E-state index contributed by atoms with van der Waals surface area (Å²) >= 11 is 0. The van der Waals surface area contributed by atoms with Gasteiger partial charge < -0.3 is 24.8 Å². The predicted octanol–water partition coefficient (Wildman–Crippen LogP) is -1.25. The Morgan fingerprint density at radius 2 is 2.13 bits per heavy atom. The summed E-state index contributed by atoms with van der Waals surface area (Å²) in [5, 5.41) is 30.7. The number of rotatable bonds is 5. The van der Waals surface area contributed by atoms with Crippen LogP contribution in [0, 0.1) is 0 Å². The molecular weight excluding hydrogens is 206 g/mol. The van der Waals surface area contributed by atoms with E-state index in [9.17, 15) is 10.2 Å². The van der Waals surface area contributed by atoms with E-state index in [-0.39, 0.29) is 13.2 Å². The third-order valence-electron chi connectivity index (χ3n) is 2.04. The zero-order chi connectivity index (χ0) is 11.3. The van der Waals surface area contributed by atoms with Crippen molar-refractivity contribution in [3.63, 3.8) is 0 Å². The molecule has 1 fully saturated rings. The number of aliphatic hydroxyl groups excluding tert-OH is 3. The Kier molecular flexibility index (Phi) is 4.76. The Morgan fingerprint density at radius 3 is 2.67 bits per heavy atom. The smallest absolute Gasteiger partial charge is 0.186 e. The van der Waals surface area contributed by atoms with Crippen molar-refractivity contribution >= 4 is 0 Å². The summed E-state index contributed by atoms with van der Waals surface area (Å²) in [6, 6.07) is 0. The average Bonchev–Trinajstić information content (AvgIpc) is 2.52. The van der Waals surface area contributed by atoms with Crippen LogP contribution in [0.4, 0.5) is 0 Å². The van der Waals surface area contributed by atoms with E-state index >= 15 is 0 Å². The molecule has 0 aromatic carbocycles. The van der Waals surface area contributed by atoms with Gasteiger partial charge in [-0.15, -0.1) is 0 Å². The number of aliphatic hydroxyl groups is 3. The van der Waals surface area contributed by atoms with Crippen LogP contribution < -0.4 is 0 Å². The van der Waals surface area contributed by atoms with Crippen LogP contribution in [-0.4, -0.2) is 59.7 Å². The largest absolute Gasteiger partial charge is 0.394 e. The minimum Gasteiger partial charge on any atom is -0.394 e. The molecule has 1 rings (SSSR count). The van der Waals surface area contributed by atoms with Crippen molar-refractivity contribution < 1.29 is 24.8 Å². The van der Waals surface area contributed by atoms with Crippen LogP contribution in [0.1, 0.15) is 0 Å². The zero-order valence-electron chi connectivity index (χ0n) is 7.93. The molecule has 1 aliphatic rings. The van der Waals surface area contributed by atoms with Gasteiger partial charge in [-0.25, -0.2) is 0 Å². The molecule has 0 bridgehead atoms. The van der Waals surface area contributed by atoms with Gasteiger partial charge in [0.15, 0.2) is 6.29 Å². The van der Waals surface area contributed by atoms with Crippen molar-refractivity contribution in [2.45, 2.75) is 24.6 Å². The highest BCUT2D eigenvalue weighted by Crippen LogP contribution is 2.21. The lowest BCUT2D eigenvalue weighted by Crippen LogP contribution is -2.34. The first-order valence-electron chi connectivity index (χ1n) is 4.45. The van der Waals surface area contributed by atoms with Crippen LogP contribution in [-0.2, 0) is 9.47 Å². The second-order valence-corrected chi connectivity index (χ2v) is 3.03. The molecule has 86 valence electrons. The van der Waals surface area contributed by atoms with E-state index in [1.54, 1.807) is 0 Å². The van der Waals surface area contributed by atoms with Gasteiger partial charge in [-0.3, -0.25) is 0 Å². The van der Waals surface area contributed by atoms with E-state index in [1.807, 2.05) is 0 Å². The Labute approximate surface area is 85.7 Å². The lowest BCUT2D eigenvalue weighted by Gasteiger charge is -2.14. The van der Waals surface area contributed by atoms with Crippen molar-refractivity contribution in [2.24, 2.45) is 5.11 Å². The average molecular weight is 219 g/mol. The van der Waals surface area contributed by atoms with Crippen LogP contribution in [0.5, 0.6) is 0 Å². The number of hydrogen-bond acceptors (Lipinski definition) is 6. The lowest BCUT2D eigenvalue weighted by atomic mass is 10.1. The minimum absolute atomic E-state index is 0.0800. The summed E-state index contributed by atoms with van der Waals surface area (Å²) in [4.78, 5) is 2.52. The third-order valence-corrected chi connectivity index (χ3v) is 2.04. The fourth-order valence-corrected chi connectivity index (χ4v) is 1.26. The molecule has 0 amide bonds. The highest BCUT2D eigenvalue weighted by atomic mass is 16.7. The van der Waals surface area contributed by atoms with Gasteiger partial charge in [0.2, 0.25) is 0 Å². The Bertz CT molecular complexity index is 245. The Balaban J connectivity index is 2.33. The molecule has 0 spiro atoms. The van der Waals surface area contributed by atoms with E-state index in [0.717, 1.165) is 0 Å². The maximum atomic E-state index is 9.40. The second-order valence-electron chi connectivity index (χ2n) is 3.03. The SMILES string of the molecule is [N-]=[N+]=NCCO[C@H]1O[C@H](CO)[C@@H](O)[C@@H]1O. The van der Waals surface area contributed by atoms with Gasteiger partial charge in [-0.2, -0.15) is 0 Å². The van der Waals surface area contributed by atoms with Gasteiger partial charge in [0.25, 0.3) is 0 Å². The maximum absolute atomic E-state index is 9.40. The molecule has 8 heteroatoms. The van der Waals surface area contributed by atoms with Crippen molar-refractivity contribution in [3.05, 3.63) is 10.4 Å². The van der Waals surface area contributed by atoms with E-state index in [2.05, 4.69) is 10.0 Å². The molecule has 0 aromatic heterocycles. The molecule has 1 aliphatic heterocycles. The van der Waals surface area contributed by atoms with Crippen molar-refractivity contribution in [1.82, 2.24) is 0 Å². The molecule has 0 unspecified atom stereocenters. The summed E-state index contributed by atoms with van der Waals surface area (Å²) in [5.41, 5.74) is 7.98. The normalized spacial score (nSPS) is 35.1. The predicted molar refractivity (Wildman–Crippen MR) is 47.7 cm³/mol. The fraction of sp³-hybridized carbons (Fsp3) is 1.00. The van der Waals surface area contributed by atoms with Gasteiger partial charge >= 0.3 is 0 Å². The minimum atomic E-state index is -1.20. The summed E-state index contributed by atoms with van der Waals surface area (Å²) in [5.74, 6) is 0. The van der Waals surface area contributed by atoms with Gasteiger partial charge in [-0.05, 0) is 5.53 Å². The van der Waals surface area contributed by atoms with E-state index < -0.39 is 31.2 Å². The first kappa shape index (κ1) is 12.2. The third kappa shape index (κ3) is 3.03. The van der Waals surface area contributed by atoms with Gasteiger partial charge in [0, 0.05) is 11.5 Å². The molecule has 4 atom stereocenters. The van der Waals surface area contributed by atoms with Gasteiger partial charge in [0.1, 0.15) is 18.3 Å². The van der Waals surface area contributed by atoms with Crippen LogP contribution in [0.3, 0.4) is 0 Å².